The first kappa shape index (κ1) is 16.4. The largest absolute Gasteiger partial charge is 0.389 e. The molecule has 0 aliphatic heterocycles. The average molecular weight is 286 g/mol. The van der Waals surface area contributed by atoms with Gasteiger partial charge in [-0.25, -0.2) is 0 Å². The van der Waals surface area contributed by atoms with Gasteiger partial charge in [0.15, 0.2) is 0 Å². The van der Waals surface area contributed by atoms with Gasteiger partial charge in [0.25, 0.3) is 0 Å². The minimum Gasteiger partial charge on any atom is -0.389 e. The molecule has 0 spiro atoms. The lowest BCUT2D eigenvalue weighted by atomic mass is 10.1. The van der Waals surface area contributed by atoms with E-state index in [0.717, 1.165) is 10.6 Å². The zero-order chi connectivity index (χ0) is 14.3. The van der Waals surface area contributed by atoms with E-state index in [0.29, 0.717) is 25.7 Å². The van der Waals surface area contributed by atoms with E-state index < -0.39 is 6.10 Å². The van der Waals surface area contributed by atoms with Crippen LogP contribution >= 0.6 is 11.6 Å². The predicted molar refractivity (Wildman–Crippen MR) is 79.5 cm³/mol. The van der Waals surface area contributed by atoms with Gasteiger partial charge in [-0.15, -0.1) is 0 Å². The van der Waals surface area contributed by atoms with E-state index in [1.807, 2.05) is 24.3 Å². The number of aliphatic hydroxyl groups is 1. The molecular formula is C15H24ClNO2. The molecule has 0 radical (unpaired) electrons. The van der Waals surface area contributed by atoms with Crippen molar-refractivity contribution in [1.82, 2.24) is 5.32 Å². The topological polar surface area (TPSA) is 41.5 Å². The monoisotopic (exact) mass is 285 g/mol. The summed E-state index contributed by atoms with van der Waals surface area (Å²) in [6, 6.07) is 7.90. The Balaban J connectivity index is 2.25. The maximum Gasteiger partial charge on any atom is 0.0897 e. The lowest BCUT2D eigenvalue weighted by Gasteiger charge is -2.18. The van der Waals surface area contributed by atoms with Crippen LogP contribution in [-0.4, -0.2) is 31.0 Å². The smallest absolute Gasteiger partial charge is 0.0897 e. The summed E-state index contributed by atoms with van der Waals surface area (Å²) < 4.78 is 5.40. The maximum absolute atomic E-state index is 9.79. The van der Waals surface area contributed by atoms with Gasteiger partial charge >= 0.3 is 0 Å². The fraction of sp³-hybridized carbons (Fsp3) is 0.600. The number of hydrogen-bond donors (Lipinski definition) is 2. The molecule has 0 fully saturated rings. The van der Waals surface area contributed by atoms with Crippen LogP contribution in [0, 0.1) is 5.92 Å². The van der Waals surface area contributed by atoms with Crippen molar-refractivity contribution in [1.29, 1.82) is 0 Å². The van der Waals surface area contributed by atoms with Crippen molar-refractivity contribution < 1.29 is 9.84 Å². The van der Waals surface area contributed by atoms with Crippen LogP contribution in [0.15, 0.2) is 24.3 Å². The summed E-state index contributed by atoms with van der Waals surface area (Å²) in [7, 11) is 0. The molecule has 1 aromatic carbocycles. The van der Waals surface area contributed by atoms with E-state index in [4.69, 9.17) is 16.3 Å². The summed E-state index contributed by atoms with van der Waals surface area (Å²) in [5, 5.41) is 13.8. The van der Waals surface area contributed by atoms with Crippen molar-refractivity contribution in [3.05, 3.63) is 34.9 Å². The number of ether oxygens (including phenoxy) is 1. The quantitative estimate of drug-likeness (QED) is 0.771. The number of halogens is 1. The highest BCUT2D eigenvalue weighted by Crippen LogP contribution is 2.15. The van der Waals surface area contributed by atoms with E-state index >= 15 is 0 Å². The Bertz CT molecular complexity index is 354. The van der Waals surface area contributed by atoms with E-state index in [1.54, 1.807) is 0 Å². The Morgan fingerprint density at radius 2 is 1.79 bits per heavy atom. The molecule has 0 aromatic heterocycles. The molecule has 0 aliphatic rings. The SMILES string of the molecule is CC(C)COCC(O)CNC(C)c1ccc(Cl)cc1. The molecule has 108 valence electrons. The lowest BCUT2D eigenvalue weighted by molar-refractivity contribution is 0.0252. The van der Waals surface area contributed by atoms with E-state index in [2.05, 4.69) is 26.1 Å². The molecule has 3 nitrogen and oxygen atoms in total. The highest BCUT2D eigenvalue weighted by molar-refractivity contribution is 6.30. The number of hydrogen-bond acceptors (Lipinski definition) is 3. The van der Waals surface area contributed by atoms with Gasteiger partial charge in [0, 0.05) is 24.2 Å². The summed E-state index contributed by atoms with van der Waals surface area (Å²) in [4.78, 5) is 0. The molecule has 0 amide bonds. The van der Waals surface area contributed by atoms with Crippen LogP contribution in [-0.2, 0) is 4.74 Å². The standard InChI is InChI=1S/C15H24ClNO2/c1-11(2)9-19-10-15(18)8-17-12(3)13-4-6-14(16)7-5-13/h4-7,11-12,15,17-18H,8-10H2,1-3H3. The minimum atomic E-state index is -0.478. The molecular weight excluding hydrogens is 262 g/mol. The summed E-state index contributed by atoms with van der Waals surface area (Å²) in [5.74, 6) is 0.494. The van der Waals surface area contributed by atoms with Gasteiger partial charge in [0.05, 0.1) is 12.7 Å². The third-order valence-electron chi connectivity index (χ3n) is 2.79. The van der Waals surface area contributed by atoms with Crippen molar-refractivity contribution in [2.75, 3.05) is 19.8 Å². The Kier molecular flexibility index (Phi) is 7.39. The molecule has 0 aliphatic carbocycles. The van der Waals surface area contributed by atoms with E-state index in [1.165, 1.54) is 0 Å². The molecule has 0 heterocycles. The van der Waals surface area contributed by atoms with Crippen LogP contribution in [0.25, 0.3) is 0 Å². The van der Waals surface area contributed by atoms with Crippen molar-refractivity contribution >= 4 is 11.6 Å². The van der Waals surface area contributed by atoms with Crippen LogP contribution in [0.4, 0.5) is 0 Å². The highest BCUT2D eigenvalue weighted by Gasteiger charge is 2.09. The van der Waals surface area contributed by atoms with Gasteiger partial charge in [0.1, 0.15) is 0 Å². The number of aliphatic hydroxyl groups excluding tert-OH is 1. The zero-order valence-corrected chi connectivity index (χ0v) is 12.7. The van der Waals surface area contributed by atoms with Crippen molar-refractivity contribution in [2.24, 2.45) is 5.92 Å². The van der Waals surface area contributed by atoms with Crippen LogP contribution < -0.4 is 5.32 Å². The van der Waals surface area contributed by atoms with Crippen molar-refractivity contribution in [3.63, 3.8) is 0 Å². The van der Waals surface area contributed by atoms with Gasteiger partial charge in [-0.05, 0) is 30.5 Å². The summed E-state index contributed by atoms with van der Waals surface area (Å²) in [5.41, 5.74) is 1.15. The summed E-state index contributed by atoms with van der Waals surface area (Å²) >= 11 is 5.85. The lowest BCUT2D eigenvalue weighted by Crippen LogP contribution is -2.32. The Labute approximate surface area is 120 Å². The Morgan fingerprint density at radius 3 is 2.37 bits per heavy atom. The van der Waals surface area contributed by atoms with Gasteiger partial charge in [-0.2, -0.15) is 0 Å². The Morgan fingerprint density at radius 1 is 1.16 bits per heavy atom. The Hall–Kier alpha value is -0.610. The molecule has 19 heavy (non-hydrogen) atoms. The third kappa shape index (κ3) is 6.92. The summed E-state index contributed by atoms with van der Waals surface area (Å²) in [6.07, 6.45) is -0.478. The first-order valence-electron chi connectivity index (χ1n) is 6.73. The molecule has 4 heteroatoms. The maximum atomic E-state index is 9.79. The van der Waals surface area contributed by atoms with Gasteiger partial charge in [0.2, 0.25) is 0 Å². The molecule has 2 unspecified atom stereocenters. The normalized spacial score (nSPS) is 14.6. The van der Waals surface area contributed by atoms with E-state index in [-0.39, 0.29) is 6.04 Å². The molecule has 1 aromatic rings. The predicted octanol–water partition coefficient (Wildman–Crippen LogP) is 3.02. The summed E-state index contributed by atoms with van der Waals surface area (Å²) in [6.45, 7) is 7.82. The molecule has 1 rings (SSSR count). The number of nitrogens with one attached hydrogen (secondary N) is 1. The number of benzene rings is 1. The van der Waals surface area contributed by atoms with Gasteiger partial charge in [-0.1, -0.05) is 37.6 Å². The molecule has 0 bridgehead atoms. The highest BCUT2D eigenvalue weighted by atomic mass is 35.5. The third-order valence-corrected chi connectivity index (χ3v) is 3.04. The van der Waals surface area contributed by atoms with Gasteiger partial charge < -0.3 is 15.2 Å². The average Bonchev–Trinajstić information content (AvgIpc) is 2.36. The van der Waals surface area contributed by atoms with Gasteiger partial charge in [-0.3, -0.25) is 0 Å². The number of rotatable bonds is 8. The van der Waals surface area contributed by atoms with Crippen molar-refractivity contribution in [2.45, 2.75) is 32.9 Å². The first-order chi connectivity index (χ1) is 8.99. The fourth-order valence-electron chi connectivity index (χ4n) is 1.68. The van der Waals surface area contributed by atoms with Crippen molar-refractivity contribution in [3.8, 4) is 0 Å². The molecule has 0 saturated carbocycles. The molecule has 2 atom stereocenters. The van der Waals surface area contributed by atoms with Crippen LogP contribution in [0.5, 0.6) is 0 Å². The van der Waals surface area contributed by atoms with Crippen LogP contribution in [0.2, 0.25) is 5.02 Å². The van der Waals surface area contributed by atoms with E-state index in [9.17, 15) is 5.11 Å². The zero-order valence-electron chi connectivity index (χ0n) is 11.9. The second kappa shape index (κ2) is 8.54. The second-order valence-corrected chi connectivity index (χ2v) is 5.70. The molecule has 0 saturated heterocycles. The first-order valence-corrected chi connectivity index (χ1v) is 7.11. The minimum absolute atomic E-state index is 0.178. The second-order valence-electron chi connectivity index (χ2n) is 5.27. The van der Waals surface area contributed by atoms with Crippen LogP contribution in [0.1, 0.15) is 32.4 Å². The fourth-order valence-corrected chi connectivity index (χ4v) is 1.81. The van der Waals surface area contributed by atoms with Crippen LogP contribution in [0.3, 0.4) is 0 Å². The molecule has 2 N–H and O–H groups in total.